The minimum atomic E-state index is -0.218. The smallest absolute Gasteiger partial charge is 0.225 e. The maximum Gasteiger partial charge on any atom is 0.225 e. The number of carbonyl (C=O) groups is 1. The van der Waals surface area contributed by atoms with Gasteiger partial charge >= 0.3 is 0 Å². The molecule has 90 valence electrons. The summed E-state index contributed by atoms with van der Waals surface area (Å²) in [5.74, 6) is 0.455. The predicted molar refractivity (Wildman–Crippen MR) is 63.6 cm³/mol. The van der Waals surface area contributed by atoms with E-state index in [9.17, 15) is 4.79 Å². The van der Waals surface area contributed by atoms with E-state index in [0.29, 0.717) is 0 Å². The van der Waals surface area contributed by atoms with Gasteiger partial charge in [-0.05, 0) is 32.6 Å². The van der Waals surface area contributed by atoms with Crippen molar-refractivity contribution in [2.45, 2.75) is 46.5 Å². The van der Waals surface area contributed by atoms with Crippen molar-refractivity contribution in [1.29, 1.82) is 5.26 Å². The summed E-state index contributed by atoms with van der Waals surface area (Å²) in [6, 6.07) is 2.36. The second-order valence-corrected chi connectivity index (χ2v) is 5.01. The zero-order chi connectivity index (χ0) is 12.2. The summed E-state index contributed by atoms with van der Waals surface area (Å²) >= 11 is 0. The molecule has 0 bridgehead atoms. The van der Waals surface area contributed by atoms with Crippen LogP contribution in [0.25, 0.3) is 0 Å². The van der Waals surface area contributed by atoms with Gasteiger partial charge in [-0.3, -0.25) is 4.79 Å². The van der Waals surface area contributed by atoms with Crippen molar-refractivity contribution in [3.63, 3.8) is 0 Å². The third kappa shape index (κ3) is 2.75. The highest BCUT2D eigenvalue weighted by molar-refractivity contribution is 5.78. The van der Waals surface area contributed by atoms with Gasteiger partial charge in [0.25, 0.3) is 0 Å². The molecule has 1 aliphatic heterocycles. The average Bonchev–Trinajstić information content (AvgIpc) is 2.31. The molecule has 0 spiro atoms. The minimum Gasteiger partial charge on any atom is -0.342 e. The average molecular weight is 222 g/mol. The first kappa shape index (κ1) is 13.0. The van der Waals surface area contributed by atoms with Gasteiger partial charge in [-0.1, -0.05) is 13.8 Å². The Labute approximate surface area is 98.4 Å². The van der Waals surface area contributed by atoms with Gasteiger partial charge in [-0.25, -0.2) is 0 Å². The monoisotopic (exact) mass is 222 g/mol. The molecule has 0 aromatic carbocycles. The first-order valence-corrected chi connectivity index (χ1v) is 6.26. The van der Waals surface area contributed by atoms with Gasteiger partial charge in [0.05, 0.1) is 11.5 Å². The first-order chi connectivity index (χ1) is 7.56. The van der Waals surface area contributed by atoms with Crippen LogP contribution < -0.4 is 0 Å². The number of carbonyl (C=O) groups excluding carboxylic acids is 1. The van der Waals surface area contributed by atoms with Gasteiger partial charge in [-0.2, -0.15) is 5.26 Å². The van der Waals surface area contributed by atoms with Crippen molar-refractivity contribution >= 4 is 5.91 Å². The summed E-state index contributed by atoms with van der Waals surface area (Å²) in [7, 11) is 0. The summed E-state index contributed by atoms with van der Waals surface area (Å²) in [6.07, 6.45) is 3.47. The van der Waals surface area contributed by atoms with Crippen molar-refractivity contribution in [1.82, 2.24) is 4.90 Å². The Morgan fingerprint density at radius 3 is 2.25 bits per heavy atom. The summed E-state index contributed by atoms with van der Waals surface area (Å²) in [4.78, 5) is 14.0. The number of piperidine rings is 1. The zero-order valence-corrected chi connectivity index (χ0v) is 10.6. The summed E-state index contributed by atoms with van der Waals surface area (Å²) < 4.78 is 0. The quantitative estimate of drug-likeness (QED) is 0.736. The lowest BCUT2D eigenvalue weighted by atomic mass is 9.81. The molecule has 3 nitrogen and oxygen atoms in total. The van der Waals surface area contributed by atoms with Crippen LogP contribution in [-0.4, -0.2) is 23.9 Å². The fourth-order valence-corrected chi connectivity index (χ4v) is 2.23. The fourth-order valence-electron chi connectivity index (χ4n) is 2.23. The number of nitrogens with zero attached hydrogens (tertiary/aromatic N) is 2. The standard InChI is InChI=1S/C13H22N2O/c1-4-11(5-2)12(16)15-8-6-13(3,10-14)7-9-15/h11H,4-9H2,1-3H3. The lowest BCUT2D eigenvalue weighted by Gasteiger charge is -2.36. The molecule has 1 aliphatic rings. The third-order valence-electron chi connectivity index (χ3n) is 3.78. The Morgan fingerprint density at radius 1 is 1.38 bits per heavy atom. The van der Waals surface area contributed by atoms with Crippen LogP contribution in [0.15, 0.2) is 0 Å². The molecule has 1 rings (SSSR count). The molecule has 1 saturated heterocycles. The van der Waals surface area contributed by atoms with E-state index in [1.165, 1.54) is 0 Å². The molecule has 1 heterocycles. The normalized spacial score (nSPS) is 19.6. The van der Waals surface area contributed by atoms with Crippen molar-refractivity contribution in [2.75, 3.05) is 13.1 Å². The Hall–Kier alpha value is -1.04. The molecule has 1 fully saturated rings. The Morgan fingerprint density at radius 2 is 1.88 bits per heavy atom. The molecule has 0 aromatic heterocycles. The summed E-state index contributed by atoms with van der Waals surface area (Å²) in [6.45, 7) is 7.62. The largest absolute Gasteiger partial charge is 0.342 e. The third-order valence-corrected chi connectivity index (χ3v) is 3.78. The summed E-state index contributed by atoms with van der Waals surface area (Å²) in [5, 5.41) is 9.02. The SMILES string of the molecule is CCC(CC)C(=O)N1CCC(C)(C#N)CC1. The molecule has 0 aromatic rings. The van der Waals surface area contributed by atoms with Gasteiger partial charge in [0.2, 0.25) is 5.91 Å². The first-order valence-electron chi connectivity index (χ1n) is 6.26. The van der Waals surface area contributed by atoms with E-state index in [1.807, 2.05) is 11.8 Å². The molecular formula is C13H22N2O. The number of likely N-dealkylation sites (tertiary alicyclic amines) is 1. The molecule has 0 saturated carbocycles. The molecule has 1 amide bonds. The Balaban J connectivity index is 2.54. The van der Waals surface area contributed by atoms with Gasteiger partial charge < -0.3 is 4.90 Å². The minimum absolute atomic E-state index is 0.173. The van der Waals surface area contributed by atoms with E-state index in [2.05, 4.69) is 19.9 Å². The second-order valence-electron chi connectivity index (χ2n) is 5.01. The Kier molecular flexibility index (Phi) is 4.35. The van der Waals surface area contributed by atoms with Gasteiger partial charge in [-0.15, -0.1) is 0 Å². The number of hydrogen-bond donors (Lipinski definition) is 0. The number of nitriles is 1. The lowest BCUT2D eigenvalue weighted by molar-refractivity contribution is -0.137. The zero-order valence-electron chi connectivity index (χ0n) is 10.6. The topological polar surface area (TPSA) is 44.1 Å². The van der Waals surface area contributed by atoms with E-state index >= 15 is 0 Å². The summed E-state index contributed by atoms with van der Waals surface area (Å²) in [5.41, 5.74) is -0.218. The van der Waals surface area contributed by atoms with Crippen LogP contribution in [-0.2, 0) is 4.79 Å². The fraction of sp³-hybridized carbons (Fsp3) is 0.846. The van der Waals surface area contributed by atoms with Crippen molar-refractivity contribution in [2.24, 2.45) is 11.3 Å². The second kappa shape index (κ2) is 5.34. The predicted octanol–water partition coefficient (Wildman–Crippen LogP) is 2.57. The van der Waals surface area contributed by atoms with Crippen molar-refractivity contribution in [3.05, 3.63) is 0 Å². The molecule has 0 radical (unpaired) electrons. The van der Waals surface area contributed by atoms with Crippen molar-refractivity contribution < 1.29 is 4.79 Å². The molecule has 0 aliphatic carbocycles. The highest BCUT2D eigenvalue weighted by Crippen LogP contribution is 2.30. The molecule has 0 atom stereocenters. The maximum absolute atomic E-state index is 12.1. The van der Waals surface area contributed by atoms with Crippen LogP contribution in [0.5, 0.6) is 0 Å². The van der Waals surface area contributed by atoms with Crippen LogP contribution in [0.2, 0.25) is 0 Å². The molecule has 3 heteroatoms. The number of hydrogen-bond acceptors (Lipinski definition) is 2. The molecular weight excluding hydrogens is 200 g/mol. The van der Waals surface area contributed by atoms with E-state index in [4.69, 9.17) is 5.26 Å². The van der Waals surface area contributed by atoms with E-state index in [0.717, 1.165) is 38.8 Å². The lowest BCUT2D eigenvalue weighted by Crippen LogP contribution is -2.44. The molecule has 16 heavy (non-hydrogen) atoms. The molecule has 0 N–H and O–H groups in total. The number of amides is 1. The van der Waals surface area contributed by atoms with E-state index < -0.39 is 0 Å². The van der Waals surface area contributed by atoms with Crippen LogP contribution in [0.4, 0.5) is 0 Å². The maximum atomic E-state index is 12.1. The number of rotatable bonds is 3. The van der Waals surface area contributed by atoms with E-state index in [1.54, 1.807) is 0 Å². The van der Waals surface area contributed by atoms with Crippen LogP contribution in [0.1, 0.15) is 46.5 Å². The van der Waals surface area contributed by atoms with Gasteiger partial charge in [0.15, 0.2) is 0 Å². The van der Waals surface area contributed by atoms with Crippen molar-refractivity contribution in [3.8, 4) is 6.07 Å². The van der Waals surface area contributed by atoms with Crippen LogP contribution in [0, 0.1) is 22.7 Å². The van der Waals surface area contributed by atoms with Gasteiger partial charge in [0.1, 0.15) is 0 Å². The van der Waals surface area contributed by atoms with Crippen LogP contribution in [0.3, 0.4) is 0 Å². The molecule has 0 unspecified atom stereocenters. The van der Waals surface area contributed by atoms with E-state index in [-0.39, 0.29) is 17.2 Å². The van der Waals surface area contributed by atoms with Gasteiger partial charge in [0, 0.05) is 19.0 Å². The van der Waals surface area contributed by atoms with Crippen LogP contribution >= 0.6 is 0 Å². The Bertz CT molecular complexity index is 281. The highest BCUT2D eigenvalue weighted by atomic mass is 16.2. The highest BCUT2D eigenvalue weighted by Gasteiger charge is 2.33.